The highest BCUT2D eigenvalue weighted by molar-refractivity contribution is 5.66. The van der Waals surface area contributed by atoms with Gasteiger partial charge in [-0.2, -0.15) is 5.10 Å². The minimum absolute atomic E-state index is 0.569. The van der Waals surface area contributed by atoms with Gasteiger partial charge < -0.3 is 15.2 Å². The van der Waals surface area contributed by atoms with Crippen LogP contribution in [0.4, 0.5) is 0 Å². The van der Waals surface area contributed by atoms with Crippen molar-refractivity contribution in [2.24, 2.45) is 5.73 Å². The van der Waals surface area contributed by atoms with Crippen LogP contribution >= 0.6 is 0 Å². The molecule has 152 valence electrons. The monoisotopic (exact) mass is 400 g/mol. The Morgan fingerprint density at radius 2 is 1.70 bits per heavy atom. The molecule has 0 radical (unpaired) electrons. The predicted octanol–water partition coefficient (Wildman–Crippen LogP) is 3.65. The molecule has 2 aromatic carbocycles. The lowest BCUT2D eigenvalue weighted by Crippen LogP contribution is -2.15. The number of aryl methyl sites for hydroxylation is 1. The summed E-state index contributed by atoms with van der Waals surface area (Å²) in [6.45, 7) is 1.88. The third kappa shape index (κ3) is 3.74. The molecule has 1 aliphatic heterocycles. The first-order chi connectivity index (χ1) is 14.8. The molecule has 2 aromatic heterocycles. The van der Waals surface area contributed by atoms with Gasteiger partial charge in [0.25, 0.3) is 0 Å². The van der Waals surface area contributed by atoms with E-state index < -0.39 is 0 Å². The number of nitrogens with two attached hydrogens (primary N) is 1. The van der Waals surface area contributed by atoms with E-state index in [1.807, 2.05) is 40.9 Å². The van der Waals surface area contributed by atoms with E-state index in [0.717, 1.165) is 53.6 Å². The van der Waals surface area contributed by atoms with E-state index in [0.29, 0.717) is 19.6 Å². The summed E-state index contributed by atoms with van der Waals surface area (Å²) < 4.78 is 13.3. The maximum atomic E-state index is 5.74. The summed E-state index contributed by atoms with van der Waals surface area (Å²) in [7, 11) is 0. The van der Waals surface area contributed by atoms with Crippen LogP contribution in [0.1, 0.15) is 23.4 Å². The third-order valence-corrected chi connectivity index (χ3v) is 5.30. The number of ether oxygens (including phenoxy) is 2. The van der Waals surface area contributed by atoms with Gasteiger partial charge in [0.1, 0.15) is 13.2 Å². The van der Waals surface area contributed by atoms with Crippen LogP contribution in [0.5, 0.6) is 11.5 Å². The van der Waals surface area contributed by atoms with Crippen LogP contribution in [0.15, 0.2) is 60.7 Å². The zero-order valence-electron chi connectivity index (χ0n) is 16.8. The Kier molecular flexibility index (Phi) is 5.07. The quantitative estimate of drug-likeness (QED) is 0.535. The molecule has 0 saturated heterocycles. The van der Waals surface area contributed by atoms with Gasteiger partial charge in [-0.15, -0.1) is 0 Å². The number of aromatic nitrogens is 3. The highest BCUT2D eigenvalue weighted by atomic mass is 16.6. The molecule has 4 aromatic rings. The molecule has 0 atom stereocenters. The molecule has 0 saturated carbocycles. The van der Waals surface area contributed by atoms with Crippen LogP contribution in [-0.2, 0) is 12.8 Å². The number of hydrogen-bond donors (Lipinski definition) is 1. The third-order valence-electron chi connectivity index (χ3n) is 5.30. The van der Waals surface area contributed by atoms with E-state index in [1.54, 1.807) is 0 Å². The van der Waals surface area contributed by atoms with Crippen molar-refractivity contribution in [3.8, 4) is 22.8 Å². The van der Waals surface area contributed by atoms with Crippen molar-refractivity contribution in [3.63, 3.8) is 0 Å². The van der Waals surface area contributed by atoms with Crippen LogP contribution < -0.4 is 15.2 Å². The zero-order chi connectivity index (χ0) is 20.3. The number of pyridine rings is 1. The first-order valence-electron chi connectivity index (χ1n) is 10.3. The zero-order valence-corrected chi connectivity index (χ0v) is 16.8. The van der Waals surface area contributed by atoms with E-state index in [9.17, 15) is 0 Å². The van der Waals surface area contributed by atoms with Crippen LogP contribution in [0.3, 0.4) is 0 Å². The molecule has 1 aliphatic rings. The normalized spacial score (nSPS) is 13.0. The van der Waals surface area contributed by atoms with Crippen LogP contribution in [0.25, 0.3) is 16.9 Å². The smallest absolute Gasteiger partial charge is 0.162 e. The molecule has 0 spiro atoms. The Hall–Kier alpha value is -3.38. The van der Waals surface area contributed by atoms with E-state index in [1.165, 1.54) is 11.1 Å². The van der Waals surface area contributed by atoms with Crippen molar-refractivity contribution in [1.29, 1.82) is 0 Å². The highest BCUT2D eigenvalue weighted by Gasteiger charge is 2.15. The van der Waals surface area contributed by atoms with Crippen molar-refractivity contribution in [1.82, 2.24) is 14.6 Å². The fourth-order valence-corrected chi connectivity index (χ4v) is 3.76. The van der Waals surface area contributed by atoms with Gasteiger partial charge in [0.15, 0.2) is 23.0 Å². The number of rotatable bonds is 6. The summed E-state index contributed by atoms with van der Waals surface area (Å²) in [5.74, 6) is 2.35. The maximum absolute atomic E-state index is 5.74. The number of nitrogens with zero attached hydrogens (tertiary/aromatic N) is 3. The van der Waals surface area contributed by atoms with Gasteiger partial charge in [0.2, 0.25) is 0 Å². The highest BCUT2D eigenvalue weighted by Crippen LogP contribution is 2.34. The maximum Gasteiger partial charge on any atom is 0.162 e. The molecule has 5 rings (SSSR count). The summed E-state index contributed by atoms with van der Waals surface area (Å²) >= 11 is 0. The number of benzene rings is 2. The van der Waals surface area contributed by atoms with E-state index >= 15 is 0 Å². The SMILES string of the molecule is NCCCc1ccc(Cc2nc3cccc(-c4ccc5c(c4)OCCO5)n3n2)cc1. The van der Waals surface area contributed by atoms with Gasteiger partial charge in [0, 0.05) is 12.0 Å². The van der Waals surface area contributed by atoms with Gasteiger partial charge in [0.05, 0.1) is 5.69 Å². The summed E-state index contributed by atoms with van der Waals surface area (Å²) in [5, 5.41) is 4.79. The average molecular weight is 400 g/mol. The van der Waals surface area contributed by atoms with E-state index in [4.69, 9.17) is 25.3 Å². The molecule has 0 aliphatic carbocycles. The largest absolute Gasteiger partial charge is 0.486 e. The van der Waals surface area contributed by atoms with Gasteiger partial charge in [-0.05, 0) is 60.8 Å². The van der Waals surface area contributed by atoms with Gasteiger partial charge >= 0.3 is 0 Å². The summed E-state index contributed by atoms with van der Waals surface area (Å²) in [4.78, 5) is 4.73. The molecule has 0 fully saturated rings. The average Bonchev–Trinajstić information content (AvgIpc) is 3.21. The van der Waals surface area contributed by atoms with E-state index in [-0.39, 0.29) is 0 Å². The van der Waals surface area contributed by atoms with Crippen molar-refractivity contribution in [3.05, 3.63) is 77.6 Å². The van der Waals surface area contributed by atoms with Gasteiger partial charge in [-0.1, -0.05) is 30.3 Å². The molecule has 3 heterocycles. The minimum atomic E-state index is 0.569. The number of hydrogen-bond acceptors (Lipinski definition) is 5. The Bertz CT molecular complexity index is 1170. The standard InChI is InChI=1S/C24H24N4O2/c25-12-2-3-17-6-8-18(9-7-17)15-23-26-24-5-1-4-20(28(24)27-23)19-10-11-21-22(16-19)30-14-13-29-21/h1,4-11,16H,2-3,12-15,25H2. The Morgan fingerprint density at radius 1 is 0.900 bits per heavy atom. The second-order valence-corrected chi connectivity index (χ2v) is 7.45. The van der Waals surface area contributed by atoms with Crippen molar-refractivity contribution in [2.75, 3.05) is 19.8 Å². The molecule has 6 heteroatoms. The van der Waals surface area contributed by atoms with Crippen LogP contribution in [-0.4, -0.2) is 34.4 Å². The second-order valence-electron chi connectivity index (χ2n) is 7.45. The minimum Gasteiger partial charge on any atom is -0.486 e. The molecule has 6 nitrogen and oxygen atoms in total. The first-order valence-corrected chi connectivity index (χ1v) is 10.3. The topological polar surface area (TPSA) is 74.7 Å². The fraction of sp³-hybridized carbons (Fsp3) is 0.250. The lowest BCUT2D eigenvalue weighted by molar-refractivity contribution is 0.171. The molecule has 0 amide bonds. The second kappa shape index (κ2) is 8.16. The summed E-state index contributed by atoms with van der Waals surface area (Å²) in [5.41, 5.74) is 10.9. The summed E-state index contributed by atoms with van der Waals surface area (Å²) in [6, 6.07) is 20.7. The predicted molar refractivity (Wildman–Crippen MR) is 116 cm³/mol. The van der Waals surface area contributed by atoms with Crippen molar-refractivity contribution >= 4 is 5.65 Å². The molecule has 0 bridgehead atoms. The molecule has 30 heavy (non-hydrogen) atoms. The van der Waals surface area contributed by atoms with E-state index in [2.05, 4.69) is 24.3 Å². The van der Waals surface area contributed by atoms with Gasteiger partial charge in [-0.3, -0.25) is 0 Å². The lowest BCUT2D eigenvalue weighted by atomic mass is 10.1. The molecular weight excluding hydrogens is 376 g/mol. The fourth-order valence-electron chi connectivity index (χ4n) is 3.76. The molecule has 0 unspecified atom stereocenters. The first kappa shape index (κ1) is 18.6. The molecule has 2 N–H and O–H groups in total. The van der Waals surface area contributed by atoms with Crippen molar-refractivity contribution in [2.45, 2.75) is 19.3 Å². The number of fused-ring (bicyclic) bond motifs is 2. The van der Waals surface area contributed by atoms with Crippen LogP contribution in [0, 0.1) is 0 Å². The lowest BCUT2D eigenvalue weighted by Gasteiger charge is -2.19. The summed E-state index contributed by atoms with van der Waals surface area (Å²) in [6.07, 6.45) is 2.72. The Labute approximate surface area is 175 Å². The van der Waals surface area contributed by atoms with Crippen LogP contribution in [0.2, 0.25) is 0 Å². The Morgan fingerprint density at radius 3 is 2.53 bits per heavy atom. The van der Waals surface area contributed by atoms with Crippen molar-refractivity contribution < 1.29 is 9.47 Å². The molecular formula is C24H24N4O2. The Balaban J connectivity index is 1.42. The van der Waals surface area contributed by atoms with Gasteiger partial charge in [-0.25, -0.2) is 9.50 Å².